The van der Waals surface area contributed by atoms with Gasteiger partial charge in [0.05, 0.1) is 22.9 Å². The van der Waals surface area contributed by atoms with Crippen LogP contribution >= 0.6 is 11.6 Å². The summed E-state index contributed by atoms with van der Waals surface area (Å²) in [5.74, 6) is 0.869. The molecule has 10 heteroatoms. The Hall–Kier alpha value is -3.85. The zero-order chi connectivity index (χ0) is 21.5. The van der Waals surface area contributed by atoms with Gasteiger partial charge in [0.15, 0.2) is 0 Å². The Balaban J connectivity index is 1.46. The van der Waals surface area contributed by atoms with Crippen molar-refractivity contribution in [1.82, 2.24) is 29.9 Å². The van der Waals surface area contributed by atoms with Crippen molar-refractivity contribution in [3.8, 4) is 11.5 Å². The smallest absolute Gasteiger partial charge is 0.150 e. The monoisotopic (exact) mass is 435 g/mol. The second-order valence-electron chi connectivity index (χ2n) is 6.93. The van der Waals surface area contributed by atoms with E-state index in [1.165, 1.54) is 18.6 Å². The number of halogens is 2. The molecule has 31 heavy (non-hydrogen) atoms. The molecule has 2 aromatic carbocycles. The van der Waals surface area contributed by atoms with Gasteiger partial charge in [-0.3, -0.25) is 0 Å². The Labute approximate surface area is 180 Å². The average molecular weight is 436 g/mol. The Morgan fingerprint density at radius 2 is 1.94 bits per heavy atom. The van der Waals surface area contributed by atoms with Gasteiger partial charge in [-0.1, -0.05) is 16.8 Å². The van der Waals surface area contributed by atoms with Crippen molar-refractivity contribution in [1.29, 1.82) is 0 Å². The number of aryl methyl sites for hydroxylation is 2. The number of nitrogens with zero attached hydrogens (tertiary/aromatic N) is 6. The van der Waals surface area contributed by atoms with E-state index in [9.17, 15) is 4.39 Å². The van der Waals surface area contributed by atoms with Crippen molar-refractivity contribution in [3.05, 3.63) is 65.5 Å². The van der Waals surface area contributed by atoms with E-state index in [1.807, 2.05) is 20.0 Å². The zero-order valence-electron chi connectivity index (χ0n) is 16.5. The summed E-state index contributed by atoms with van der Waals surface area (Å²) >= 11 is 5.99. The van der Waals surface area contributed by atoms with E-state index in [4.69, 9.17) is 16.3 Å². The predicted octanol–water partition coefficient (Wildman–Crippen LogP) is 4.94. The molecule has 0 amide bonds. The molecule has 0 aliphatic heterocycles. The van der Waals surface area contributed by atoms with E-state index in [2.05, 4.69) is 30.6 Å². The van der Waals surface area contributed by atoms with E-state index < -0.39 is 5.82 Å². The second kappa shape index (κ2) is 7.44. The van der Waals surface area contributed by atoms with E-state index in [1.54, 1.807) is 28.9 Å². The molecular weight excluding hydrogens is 421 g/mol. The SMILES string of the molecule is Cc1cc(Nc2ncnc3cnc(Cl)cc23)c(F)cc1Oc1ccc2c(c1)nnn2C. The van der Waals surface area contributed by atoms with Crippen LogP contribution in [-0.4, -0.2) is 29.9 Å². The maximum Gasteiger partial charge on any atom is 0.150 e. The van der Waals surface area contributed by atoms with Crippen LogP contribution in [0.25, 0.3) is 21.9 Å². The van der Waals surface area contributed by atoms with Crippen LogP contribution < -0.4 is 10.1 Å². The summed E-state index contributed by atoms with van der Waals surface area (Å²) in [6.45, 7) is 1.83. The summed E-state index contributed by atoms with van der Waals surface area (Å²) in [5, 5.41) is 12.0. The molecule has 0 unspecified atom stereocenters. The zero-order valence-corrected chi connectivity index (χ0v) is 17.2. The number of aromatic nitrogens is 6. The molecule has 0 fully saturated rings. The lowest BCUT2D eigenvalue weighted by atomic mass is 10.1. The molecule has 0 atom stereocenters. The lowest BCUT2D eigenvalue weighted by Crippen LogP contribution is -2.00. The van der Waals surface area contributed by atoms with Crippen LogP contribution in [-0.2, 0) is 7.05 Å². The van der Waals surface area contributed by atoms with Crippen molar-refractivity contribution < 1.29 is 9.13 Å². The van der Waals surface area contributed by atoms with Crippen LogP contribution in [0.5, 0.6) is 11.5 Å². The molecule has 0 aliphatic carbocycles. The van der Waals surface area contributed by atoms with Gasteiger partial charge in [-0.05, 0) is 36.8 Å². The minimum absolute atomic E-state index is 0.252. The fourth-order valence-electron chi connectivity index (χ4n) is 3.24. The van der Waals surface area contributed by atoms with Crippen LogP contribution in [0.15, 0.2) is 48.9 Å². The van der Waals surface area contributed by atoms with E-state index in [0.717, 1.165) is 11.1 Å². The van der Waals surface area contributed by atoms with Gasteiger partial charge in [-0.2, -0.15) is 0 Å². The third-order valence-corrected chi connectivity index (χ3v) is 5.02. The summed E-state index contributed by atoms with van der Waals surface area (Å²) in [7, 11) is 1.81. The number of anilines is 2. The first-order chi connectivity index (χ1) is 15.0. The van der Waals surface area contributed by atoms with Crippen LogP contribution in [0, 0.1) is 12.7 Å². The van der Waals surface area contributed by atoms with Crippen molar-refractivity contribution in [3.63, 3.8) is 0 Å². The summed E-state index contributed by atoms with van der Waals surface area (Å²) in [5.41, 5.74) is 3.16. The summed E-state index contributed by atoms with van der Waals surface area (Å²) in [6.07, 6.45) is 2.92. The molecule has 5 aromatic rings. The van der Waals surface area contributed by atoms with Gasteiger partial charge < -0.3 is 10.1 Å². The van der Waals surface area contributed by atoms with Gasteiger partial charge in [0, 0.05) is 24.6 Å². The van der Waals surface area contributed by atoms with Gasteiger partial charge >= 0.3 is 0 Å². The van der Waals surface area contributed by atoms with E-state index >= 15 is 0 Å². The fourth-order valence-corrected chi connectivity index (χ4v) is 3.40. The number of rotatable bonds is 4. The van der Waals surface area contributed by atoms with Crippen LogP contribution in [0.2, 0.25) is 5.15 Å². The highest BCUT2D eigenvalue weighted by Crippen LogP contribution is 2.33. The van der Waals surface area contributed by atoms with Gasteiger partial charge in [-0.15, -0.1) is 5.10 Å². The maximum absolute atomic E-state index is 14.9. The topological polar surface area (TPSA) is 90.6 Å². The molecule has 3 aromatic heterocycles. The third kappa shape index (κ3) is 3.59. The number of hydrogen-bond acceptors (Lipinski definition) is 7. The number of nitrogens with one attached hydrogen (secondary N) is 1. The van der Waals surface area contributed by atoms with E-state index in [0.29, 0.717) is 38.9 Å². The number of fused-ring (bicyclic) bond motifs is 2. The predicted molar refractivity (Wildman–Crippen MR) is 115 cm³/mol. The van der Waals surface area contributed by atoms with Gasteiger partial charge in [0.2, 0.25) is 0 Å². The molecule has 0 saturated heterocycles. The molecule has 8 nitrogen and oxygen atoms in total. The summed E-state index contributed by atoms with van der Waals surface area (Å²) in [6, 6.07) is 10.0. The average Bonchev–Trinajstić information content (AvgIpc) is 3.12. The van der Waals surface area contributed by atoms with Crippen molar-refractivity contribution in [2.45, 2.75) is 6.92 Å². The van der Waals surface area contributed by atoms with Crippen LogP contribution in [0.3, 0.4) is 0 Å². The normalized spacial score (nSPS) is 11.2. The molecule has 0 spiro atoms. The van der Waals surface area contributed by atoms with Gasteiger partial charge in [-0.25, -0.2) is 24.0 Å². The molecule has 0 bridgehead atoms. The molecule has 3 heterocycles. The summed E-state index contributed by atoms with van der Waals surface area (Å²) < 4.78 is 22.5. The quantitative estimate of drug-likeness (QED) is 0.399. The molecular formula is C21H15ClFN7O. The van der Waals surface area contributed by atoms with Crippen molar-refractivity contribution in [2.75, 3.05) is 5.32 Å². The van der Waals surface area contributed by atoms with Crippen molar-refractivity contribution >= 4 is 45.0 Å². The lowest BCUT2D eigenvalue weighted by molar-refractivity contribution is 0.474. The van der Waals surface area contributed by atoms with Crippen LogP contribution in [0.1, 0.15) is 5.56 Å². The number of ether oxygens (including phenoxy) is 1. The first-order valence-electron chi connectivity index (χ1n) is 9.28. The number of hydrogen-bond donors (Lipinski definition) is 1. The molecule has 1 N–H and O–H groups in total. The second-order valence-corrected chi connectivity index (χ2v) is 7.32. The third-order valence-electron chi connectivity index (χ3n) is 4.82. The minimum atomic E-state index is -0.493. The van der Waals surface area contributed by atoms with E-state index in [-0.39, 0.29) is 5.69 Å². The fraction of sp³-hybridized carbons (Fsp3) is 0.0952. The molecule has 0 aliphatic rings. The summed E-state index contributed by atoms with van der Waals surface area (Å²) in [4.78, 5) is 12.4. The molecule has 0 saturated carbocycles. The highest BCUT2D eigenvalue weighted by molar-refractivity contribution is 6.30. The molecule has 0 radical (unpaired) electrons. The first-order valence-corrected chi connectivity index (χ1v) is 9.66. The highest BCUT2D eigenvalue weighted by atomic mass is 35.5. The van der Waals surface area contributed by atoms with Crippen LogP contribution in [0.4, 0.5) is 15.9 Å². The molecule has 5 rings (SSSR count). The van der Waals surface area contributed by atoms with Gasteiger partial charge in [0.1, 0.15) is 40.1 Å². The molecule has 154 valence electrons. The largest absolute Gasteiger partial charge is 0.457 e. The van der Waals surface area contributed by atoms with Gasteiger partial charge in [0.25, 0.3) is 0 Å². The Morgan fingerprint density at radius 3 is 2.81 bits per heavy atom. The Morgan fingerprint density at radius 1 is 1.06 bits per heavy atom. The number of benzene rings is 2. The minimum Gasteiger partial charge on any atom is -0.457 e. The highest BCUT2D eigenvalue weighted by Gasteiger charge is 2.13. The lowest BCUT2D eigenvalue weighted by Gasteiger charge is -2.13. The Bertz CT molecular complexity index is 1450. The maximum atomic E-state index is 14.9. The standard InChI is InChI=1S/C21H15ClFN7O/c1-11-5-15(27-21-13-7-20(22)24-9-17(13)25-10-26-21)14(23)8-19(11)31-12-3-4-18-16(6-12)28-29-30(18)2/h3-10H,1-2H3,(H,25,26,27). The van der Waals surface area contributed by atoms with Crippen molar-refractivity contribution in [2.24, 2.45) is 7.05 Å². The number of pyridine rings is 1. The Kier molecular flexibility index (Phi) is 4.59. The first kappa shape index (κ1) is 19.1.